The molecule has 1 heterocycles. The molecule has 1 aliphatic rings. The maximum absolute atomic E-state index is 13.6. The van der Waals surface area contributed by atoms with Crippen molar-refractivity contribution in [3.63, 3.8) is 0 Å². The quantitative estimate of drug-likeness (QED) is 0.615. The standard InChI is InChI=1S/C19H17BrFN3O2S/c1-10-16(18(25)23-14-5-3-4-6-15(14)26-2)17(24-19(27)22-10)11-7-8-13(21)12(20)9-11/h3-9,17H,1-2H3,(H,23,25)(H2,22,24,27). The molecule has 1 aliphatic heterocycles. The first-order chi connectivity index (χ1) is 12.9. The Kier molecular flexibility index (Phi) is 5.76. The Morgan fingerprint density at radius 1 is 1.30 bits per heavy atom. The minimum atomic E-state index is -0.523. The Morgan fingerprint density at radius 2 is 2.04 bits per heavy atom. The highest BCUT2D eigenvalue weighted by molar-refractivity contribution is 9.10. The summed E-state index contributed by atoms with van der Waals surface area (Å²) in [5.41, 5.74) is 2.33. The molecule has 1 unspecified atom stereocenters. The highest BCUT2D eigenvalue weighted by atomic mass is 79.9. The van der Waals surface area contributed by atoms with E-state index in [1.165, 1.54) is 13.2 Å². The number of para-hydroxylation sites is 2. The minimum Gasteiger partial charge on any atom is -0.495 e. The van der Waals surface area contributed by atoms with Crippen LogP contribution in [0, 0.1) is 5.82 Å². The lowest BCUT2D eigenvalue weighted by atomic mass is 9.95. The molecule has 2 aromatic carbocycles. The van der Waals surface area contributed by atoms with Crippen molar-refractivity contribution in [2.45, 2.75) is 13.0 Å². The molecule has 3 rings (SSSR count). The van der Waals surface area contributed by atoms with E-state index in [4.69, 9.17) is 17.0 Å². The number of halogens is 2. The van der Waals surface area contributed by atoms with Crippen LogP contribution in [0.3, 0.4) is 0 Å². The number of carbonyl (C=O) groups is 1. The molecule has 0 saturated carbocycles. The topological polar surface area (TPSA) is 62.4 Å². The number of hydrogen-bond acceptors (Lipinski definition) is 3. The fraction of sp³-hybridized carbons (Fsp3) is 0.158. The molecule has 140 valence electrons. The van der Waals surface area contributed by atoms with E-state index in [0.717, 1.165) is 0 Å². The second-order valence-electron chi connectivity index (χ2n) is 5.90. The third-order valence-corrected chi connectivity index (χ3v) is 4.97. The van der Waals surface area contributed by atoms with Crippen molar-refractivity contribution >= 4 is 44.9 Å². The molecule has 1 amide bonds. The fourth-order valence-corrected chi connectivity index (χ4v) is 3.54. The molecule has 0 fully saturated rings. The number of rotatable bonds is 4. The van der Waals surface area contributed by atoms with Crippen molar-refractivity contribution in [3.05, 3.63) is 69.6 Å². The van der Waals surface area contributed by atoms with Gasteiger partial charge in [0.2, 0.25) is 0 Å². The van der Waals surface area contributed by atoms with Crippen molar-refractivity contribution in [1.29, 1.82) is 0 Å². The van der Waals surface area contributed by atoms with Gasteiger partial charge in [-0.2, -0.15) is 0 Å². The van der Waals surface area contributed by atoms with Crippen molar-refractivity contribution in [2.24, 2.45) is 0 Å². The van der Waals surface area contributed by atoms with E-state index in [-0.39, 0.29) is 11.7 Å². The number of anilines is 1. The second kappa shape index (κ2) is 8.06. The van der Waals surface area contributed by atoms with Gasteiger partial charge in [0.25, 0.3) is 5.91 Å². The Labute approximate surface area is 170 Å². The average Bonchev–Trinajstić information content (AvgIpc) is 2.63. The lowest BCUT2D eigenvalue weighted by Gasteiger charge is -2.30. The first-order valence-electron chi connectivity index (χ1n) is 8.08. The number of methoxy groups -OCH3 is 1. The van der Waals surface area contributed by atoms with Crippen LogP contribution in [0.1, 0.15) is 18.5 Å². The molecule has 2 aromatic rings. The number of carbonyl (C=O) groups excluding carboxylic acids is 1. The minimum absolute atomic E-state index is 0.313. The zero-order valence-corrected chi connectivity index (χ0v) is 17.0. The summed E-state index contributed by atoms with van der Waals surface area (Å²) in [7, 11) is 1.54. The third kappa shape index (κ3) is 4.12. The van der Waals surface area contributed by atoms with E-state index in [1.54, 1.807) is 37.3 Å². The van der Waals surface area contributed by atoms with Crippen LogP contribution in [0.5, 0.6) is 5.75 Å². The van der Waals surface area contributed by atoms with E-state index in [2.05, 4.69) is 31.9 Å². The van der Waals surface area contributed by atoms with Crippen LogP contribution in [-0.2, 0) is 4.79 Å². The van der Waals surface area contributed by atoms with Crippen LogP contribution in [0.2, 0.25) is 0 Å². The Morgan fingerprint density at radius 3 is 2.74 bits per heavy atom. The normalized spacial score (nSPS) is 16.4. The number of amides is 1. The fourth-order valence-electron chi connectivity index (χ4n) is 2.87. The van der Waals surface area contributed by atoms with Crippen molar-refractivity contribution in [3.8, 4) is 5.75 Å². The van der Waals surface area contributed by atoms with Crippen LogP contribution < -0.4 is 20.7 Å². The van der Waals surface area contributed by atoms with E-state index in [0.29, 0.717) is 37.9 Å². The molecule has 0 bridgehead atoms. The first-order valence-corrected chi connectivity index (χ1v) is 9.28. The van der Waals surface area contributed by atoms with Crippen molar-refractivity contribution < 1.29 is 13.9 Å². The number of benzene rings is 2. The summed E-state index contributed by atoms with van der Waals surface area (Å²) in [4.78, 5) is 13.1. The lowest BCUT2D eigenvalue weighted by molar-refractivity contribution is -0.113. The number of nitrogens with one attached hydrogen (secondary N) is 3. The van der Waals surface area contributed by atoms with Gasteiger partial charge in [-0.3, -0.25) is 4.79 Å². The van der Waals surface area contributed by atoms with Gasteiger partial charge in [0.05, 0.1) is 28.9 Å². The molecule has 0 spiro atoms. The molecule has 1 atom stereocenters. The highest BCUT2D eigenvalue weighted by Crippen LogP contribution is 2.31. The monoisotopic (exact) mass is 449 g/mol. The third-order valence-electron chi connectivity index (χ3n) is 4.15. The summed E-state index contributed by atoms with van der Waals surface area (Å²) in [5, 5.41) is 9.32. The maximum Gasteiger partial charge on any atom is 0.255 e. The van der Waals surface area contributed by atoms with Gasteiger partial charge in [-0.15, -0.1) is 0 Å². The van der Waals surface area contributed by atoms with Gasteiger partial charge >= 0.3 is 0 Å². The van der Waals surface area contributed by atoms with Crippen LogP contribution >= 0.6 is 28.1 Å². The van der Waals surface area contributed by atoms with Gasteiger partial charge in [0.1, 0.15) is 11.6 Å². The van der Waals surface area contributed by atoms with Crippen molar-refractivity contribution in [1.82, 2.24) is 10.6 Å². The van der Waals surface area contributed by atoms with Gasteiger partial charge in [-0.1, -0.05) is 18.2 Å². The SMILES string of the molecule is COc1ccccc1NC(=O)C1=C(C)NC(=S)NC1c1ccc(F)c(Br)c1. The molecule has 27 heavy (non-hydrogen) atoms. The summed E-state index contributed by atoms with van der Waals surface area (Å²) in [6.45, 7) is 1.77. The average molecular weight is 450 g/mol. The number of thiocarbonyl (C=S) groups is 1. The number of hydrogen-bond donors (Lipinski definition) is 3. The predicted octanol–water partition coefficient (Wildman–Crippen LogP) is 4.03. The summed E-state index contributed by atoms with van der Waals surface area (Å²) in [6.07, 6.45) is 0. The van der Waals surface area contributed by atoms with Gasteiger partial charge in [0.15, 0.2) is 5.11 Å². The maximum atomic E-state index is 13.6. The molecular formula is C19H17BrFN3O2S. The highest BCUT2D eigenvalue weighted by Gasteiger charge is 2.30. The molecule has 8 heteroatoms. The van der Waals surface area contributed by atoms with Gasteiger partial charge in [-0.05, 0) is 64.9 Å². The van der Waals surface area contributed by atoms with E-state index >= 15 is 0 Å². The van der Waals surface area contributed by atoms with Gasteiger partial charge in [0, 0.05) is 5.70 Å². The van der Waals surface area contributed by atoms with E-state index in [9.17, 15) is 9.18 Å². The predicted molar refractivity (Wildman–Crippen MR) is 110 cm³/mol. The molecule has 0 aromatic heterocycles. The van der Waals surface area contributed by atoms with Crippen LogP contribution in [-0.4, -0.2) is 18.1 Å². The summed E-state index contributed by atoms with van der Waals surface area (Å²) >= 11 is 8.42. The summed E-state index contributed by atoms with van der Waals surface area (Å²) in [5.74, 6) is -0.140. The largest absolute Gasteiger partial charge is 0.495 e. The smallest absolute Gasteiger partial charge is 0.255 e. The van der Waals surface area contributed by atoms with Gasteiger partial charge < -0.3 is 20.7 Å². The number of ether oxygens (including phenoxy) is 1. The molecule has 0 aliphatic carbocycles. The van der Waals surface area contributed by atoms with Crippen LogP contribution in [0.4, 0.5) is 10.1 Å². The zero-order chi connectivity index (χ0) is 19.6. The Balaban J connectivity index is 1.98. The zero-order valence-electron chi connectivity index (χ0n) is 14.6. The Hall–Kier alpha value is -2.45. The van der Waals surface area contributed by atoms with Crippen LogP contribution in [0.15, 0.2) is 58.2 Å². The lowest BCUT2D eigenvalue weighted by Crippen LogP contribution is -2.45. The summed E-state index contributed by atoms with van der Waals surface area (Å²) in [6, 6.07) is 11.2. The van der Waals surface area contributed by atoms with E-state index < -0.39 is 6.04 Å². The van der Waals surface area contributed by atoms with Gasteiger partial charge in [-0.25, -0.2) is 4.39 Å². The first kappa shape index (κ1) is 19.3. The molecule has 3 N–H and O–H groups in total. The molecule has 0 radical (unpaired) electrons. The number of allylic oxidation sites excluding steroid dienone is 1. The molecule has 5 nitrogen and oxygen atoms in total. The van der Waals surface area contributed by atoms with Crippen LogP contribution in [0.25, 0.3) is 0 Å². The molecule has 0 saturated heterocycles. The second-order valence-corrected chi connectivity index (χ2v) is 7.16. The summed E-state index contributed by atoms with van der Waals surface area (Å²) < 4.78 is 19.2. The Bertz CT molecular complexity index is 948. The molecular weight excluding hydrogens is 433 g/mol. The van der Waals surface area contributed by atoms with Crippen molar-refractivity contribution in [2.75, 3.05) is 12.4 Å². The van der Waals surface area contributed by atoms with E-state index in [1.807, 2.05) is 6.07 Å².